The Balaban J connectivity index is 1.51. The van der Waals surface area contributed by atoms with E-state index in [0.717, 1.165) is 20.8 Å². The van der Waals surface area contributed by atoms with E-state index in [1.165, 1.54) is 0 Å². The number of thiazole rings is 1. The number of carbonyl (C=O) groups is 2. The highest BCUT2D eigenvalue weighted by Gasteiger charge is 2.21. The van der Waals surface area contributed by atoms with Gasteiger partial charge in [-0.25, -0.2) is 4.98 Å². The number of para-hydroxylation sites is 1. The Bertz CT molecular complexity index is 856. The Kier molecular flexibility index (Phi) is 6.00. The van der Waals surface area contributed by atoms with E-state index >= 15 is 0 Å². The summed E-state index contributed by atoms with van der Waals surface area (Å²) in [6.07, 6.45) is 0.912. The first-order valence-corrected chi connectivity index (χ1v) is 10.1. The smallest absolute Gasteiger partial charge is 0.306 e. The van der Waals surface area contributed by atoms with Gasteiger partial charge in [0.2, 0.25) is 0 Å². The molecule has 1 amide bonds. The monoisotopic (exact) mass is 388 g/mol. The number of nitrogens with zero attached hydrogens (tertiary/aromatic N) is 2. The highest BCUT2D eigenvalue weighted by Crippen LogP contribution is 2.28. The first kappa shape index (κ1) is 18.5. The van der Waals surface area contributed by atoms with Gasteiger partial charge in [-0.3, -0.25) is 9.59 Å². The van der Waals surface area contributed by atoms with Crippen LogP contribution in [-0.2, 0) is 20.7 Å². The molecule has 0 saturated carbocycles. The Morgan fingerprint density at radius 3 is 2.81 bits per heavy atom. The summed E-state index contributed by atoms with van der Waals surface area (Å²) in [5, 5.41) is 4.85. The molecular weight excluding hydrogens is 368 g/mol. The number of hydrogen-bond donors (Lipinski definition) is 0. The third-order valence-corrected chi connectivity index (χ3v) is 6.14. The topological polar surface area (TPSA) is 59.5 Å². The number of esters is 1. The third kappa shape index (κ3) is 4.47. The van der Waals surface area contributed by atoms with Crippen LogP contribution in [0.1, 0.15) is 30.0 Å². The van der Waals surface area contributed by atoms with Crippen molar-refractivity contribution in [1.29, 1.82) is 0 Å². The van der Waals surface area contributed by atoms with Gasteiger partial charge in [0.25, 0.3) is 5.91 Å². The number of benzene rings is 1. The number of hydrogen-bond acceptors (Lipinski definition) is 6. The summed E-state index contributed by atoms with van der Waals surface area (Å²) in [6.45, 7) is 1.68. The summed E-state index contributed by atoms with van der Waals surface area (Å²) in [5.74, 6) is -0.591. The lowest BCUT2D eigenvalue weighted by molar-refractivity contribution is -0.152. The molecule has 3 aromatic rings. The number of fused-ring (bicyclic) bond motifs is 1. The van der Waals surface area contributed by atoms with Crippen molar-refractivity contribution in [3.8, 4) is 0 Å². The zero-order valence-electron chi connectivity index (χ0n) is 14.7. The number of carbonyl (C=O) groups excluding carboxylic acids is 2. The van der Waals surface area contributed by atoms with E-state index in [-0.39, 0.29) is 30.9 Å². The van der Waals surface area contributed by atoms with Crippen LogP contribution in [0.2, 0.25) is 0 Å². The quantitative estimate of drug-likeness (QED) is 0.573. The van der Waals surface area contributed by atoms with Gasteiger partial charge in [-0.15, -0.1) is 11.3 Å². The second-order valence-corrected chi connectivity index (χ2v) is 7.83. The Labute approximate surface area is 160 Å². The van der Waals surface area contributed by atoms with Gasteiger partial charge in [0.1, 0.15) is 5.01 Å². The van der Waals surface area contributed by atoms with Crippen molar-refractivity contribution in [2.75, 3.05) is 13.7 Å². The molecule has 26 heavy (non-hydrogen) atoms. The predicted octanol–water partition coefficient (Wildman–Crippen LogP) is 4.05. The molecule has 0 N–H and O–H groups in total. The number of likely N-dealkylation sites (N-methyl/N-ethyl adjacent to an activating group) is 1. The molecule has 0 aliphatic carbocycles. The Morgan fingerprint density at radius 1 is 1.27 bits per heavy atom. The molecule has 0 spiro atoms. The highest BCUT2D eigenvalue weighted by molar-refractivity contribution is 7.18. The van der Waals surface area contributed by atoms with Crippen molar-refractivity contribution in [3.63, 3.8) is 0 Å². The van der Waals surface area contributed by atoms with Gasteiger partial charge in [0, 0.05) is 13.5 Å². The molecule has 7 heteroatoms. The number of ether oxygens (including phenoxy) is 1. The number of aromatic nitrogens is 1. The molecule has 3 rings (SSSR count). The van der Waals surface area contributed by atoms with Crippen molar-refractivity contribution in [2.45, 2.75) is 25.8 Å². The molecule has 0 saturated heterocycles. The van der Waals surface area contributed by atoms with Crippen molar-refractivity contribution in [2.24, 2.45) is 0 Å². The van der Waals surface area contributed by atoms with E-state index in [2.05, 4.69) is 4.98 Å². The van der Waals surface area contributed by atoms with Gasteiger partial charge in [-0.05, 0) is 47.9 Å². The van der Waals surface area contributed by atoms with Crippen molar-refractivity contribution < 1.29 is 14.3 Å². The maximum atomic E-state index is 12.3. The van der Waals surface area contributed by atoms with Crippen LogP contribution in [0.5, 0.6) is 0 Å². The van der Waals surface area contributed by atoms with Crippen molar-refractivity contribution >= 4 is 44.8 Å². The largest absolute Gasteiger partial charge is 0.456 e. The minimum Gasteiger partial charge on any atom is -0.456 e. The van der Waals surface area contributed by atoms with Crippen LogP contribution < -0.4 is 0 Å². The average Bonchev–Trinajstić information content (AvgIpc) is 3.32. The van der Waals surface area contributed by atoms with Crippen LogP contribution in [0, 0.1) is 0 Å². The molecule has 0 fully saturated rings. The van der Waals surface area contributed by atoms with Gasteiger partial charge >= 0.3 is 5.97 Å². The normalized spacial score (nSPS) is 12.1. The van der Waals surface area contributed by atoms with Crippen LogP contribution in [0.4, 0.5) is 0 Å². The SMILES string of the molecule is C[C@H](c1nc2ccccc2s1)N(C)C(=O)COC(=O)CCc1ccsc1. The standard InChI is InChI=1S/C19H20N2O3S2/c1-13(19-20-15-5-3-4-6-16(15)26-19)21(2)17(22)11-24-18(23)8-7-14-9-10-25-12-14/h3-6,9-10,12-13H,7-8,11H2,1-2H3/t13-/m1/s1. The fraction of sp³-hybridized carbons (Fsp3) is 0.316. The summed E-state index contributed by atoms with van der Waals surface area (Å²) in [5.41, 5.74) is 2.04. The van der Waals surface area contributed by atoms with Crippen LogP contribution in [0.15, 0.2) is 41.1 Å². The van der Waals surface area contributed by atoms with Crippen molar-refractivity contribution in [3.05, 3.63) is 51.7 Å². The molecular formula is C19H20N2O3S2. The first-order valence-electron chi connectivity index (χ1n) is 8.32. The molecule has 2 heterocycles. The third-order valence-electron chi connectivity index (χ3n) is 4.20. The zero-order valence-corrected chi connectivity index (χ0v) is 16.3. The molecule has 0 aliphatic rings. The summed E-state index contributed by atoms with van der Waals surface area (Å²) in [7, 11) is 1.71. The Morgan fingerprint density at radius 2 is 2.08 bits per heavy atom. The minimum absolute atomic E-state index is 0.176. The highest BCUT2D eigenvalue weighted by atomic mass is 32.1. The number of thiophene rings is 1. The number of aryl methyl sites for hydroxylation is 1. The summed E-state index contributed by atoms with van der Waals surface area (Å²) >= 11 is 3.17. The molecule has 0 unspecified atom stereocenters. The van der Waals surface area contributed by atoms with Crippen molar-refractivity contribution in [1.82, 2.24) is 9.88 Å². The molecule has 136 valence electrons. The summed E-state index contributed by atoms with van der Waals surface area (Å²) < 4.78 is 6.22. The van der Waals surface area contributed by atoms with Crippen LogP contribution >= 0.6 is 22.7 Å². The molecule has 1 aromatic carbocycles. The summed E-state index contributed by atoms with van der Waals surface area (Å²) in [4.78, 5) is 30.3. The van der Waals surface area contributed by atoms with E-state index in [1.807, 2.05) is 48.0 Å². The van der Waals surface area contributed by atoms with Gasteiger partial charge in [-0.1, -0.05) is 12.1 Å². The van der Waals surface area contributed by atoms with Crippen LogP contribution in [0.25, 0.3) is 10.2 Å². The Hall–Kier alpha value is -2.25. The van der Waals surface area contributed by atoms with Crippen LogP contribution in [0.3, 0.4) is 0 Å². The first-order chi connectivity index (χ1) is 12.5. The predicted molar refractivity (Wildman–Crippen MR) is 104 cm³/mol. The lowest BCUT2D eigenvalue weighted by Gasteiger charge is -2.23. The van der Waals surface area contributed by atoms with E-state index in [9.17, 15) is 9.59 Å². The molecule has 1 atom stereocenters. The van der Waals surface area contributed by atoms with Gasteiger partial charge < -0.3 is 9.64 Å². The lowest BCUT2D eigenvalue weighted by Crippen LogP contribution is -2.33. The summed E-state index contributed by atoms with van der Waals surface area (Å²) in [6, 6.07) is 9.69. The van der Waals surface area contributed by atoms with E-state index in [0.29, 0.717) is 6.42 Å². The molecule has 2 aromatic heterocycles. The molecule has 0 aliphatic heterocycles. The van der Waals surface area contributed by atoms with E-state index in [1.54, 1.807) is 34.6 Å². The number of rotatable bonds is 7. The fourth-order valence-electron chi connectivity index (χ4n) is 2.45. The van der Waals surface area contributed by atoms with Crippen LogP contribution in [-0.4, -0.2) is 35.4 Å². The average molecular weight is 389 g/mol. The van der Waals surface area contributed by atoms with Gasteiger partial charge in [0.15, 0.2) is 6.61 Å². The van der Waals surface area contributed by atoms with E-state index < -0.39 is 0 Å². The molecule has 5 nitrogen and oxygen atoms in total. The maximum absolute atomic E-state index is 12.3. The second-order valence-electron chi connectivity index (χ2n) is 5.99. The number of amides is 1. The van der Waals surface area contributed by atoms with Gasteiger partial charge in [0.05, 0.1) is 16.3 Å². The van der Waals surface area contributed by atoms with Gasteiger partial charge in [-0.2, -0.15) is 11.3 Å². The van der Waals surface area contributed by atoms with E-state index in [4.69, 9.17) is 4.74 Å². The molecule has 0 radical (unpaired) electrons. The fourth-order valence-corrected chi connectivity index (χ4v) is 4.21. The maximum Gasteiger partial charge on any atom is 0.306 e. The zero-order chi connectivity index (χ0) is 18.5. The second kappa shape index (κ2) is 8.42. The molecule has 0 bridgehead atoms. The lowest BCUT2D eigenvalue weighted by atomic mass is 10.2. The minimum atomic E-state index is -0.356.